The molecule has 0 saturated heterocycles. The van der Waals surface area contributed by atoms with Gasteiger partial charge in [-0.15, -0.1) is 0 Å². The highest BCUT2D eigenvalue weighted by molar-refractivity contribution is 5.94. The van der Waals surface area contributed by atoms with Gasteiger partial charge in [-0.25, -0.2) is 27.2 Å². The van der Waals surface area contributed by atoms with E-state index in [0.717, 1.165) is 22.9 Å². The van der Waals surface area contributed by atoms with Crippen LogP contribution in [0, 0.1) is 23.3 Å². The molecule has 0 saturated carbocycles. The zero-order chi connectivity index (χ0) is 25.0. The van der Waals surface area contributed by atoms with Crippen LogP contribution in [0.5, 0.6) is 0 Å². The molecule has 3 aromatic carbocycles. The van der Waals surface area contributed by atoms with Gasteiger partial charge < -0.3 is 4.57 Å². The van der Waals surface area contributed by atoms with Gasteiger partial charge in [-0.2, -0.15) is 14.9 Å². The summed E-state index contributed by atoms with van der Waals surface area (Å²) in [4.78, 5) is 17.0. The van der Waals surface area contributed by atoms with Crippen molar-refractivity contribution in [2.24, 2.45) is 0 Å². The van der Waals surface area contributed by atoms with E-state index in [1.165, 1.54) is 58.4 Å². The minimum absolute atomic E-state index is 0.0742. The third kappa shape index (κ3) is 3.35. The van der Waals surface area contributed by atoms with Crippen LogP contribution in [0.1, 0.15) is 5.56 Å². The van der Waals surface area contributed by atoms with Crippen molar-refractivity contribution < 1.29 is 17.6 Å². The van der Waals surface area contributed by atoms with Crippen LogP contribution in [0.25, 0.3) is 33.5 Å². The van der Waals surface area contributed by atoms with Gasteiger partial charge in [0.25, 0.3) is 5.56 Å². The van der Waals surface area contributed by atoms with Gasteiger partial charge in [-0.05, 0) is 36.4 Å². The number of nitrogens with zero attached hydrogens (tertiary/aromatic N) is 6. The second kappa shape index (κ2) is 8.15. The van der Waals surface area contributed by atoms with E-state index >= 15 is 13.2 Å². The Hall–Kier alpha value is -4.80. The quantitative estimate of drug-likeness (QED) is 0.342. The predicted octanol–water partition coefficient (Wildman–Crippen LogP) is 4.48. The maximum Gasteiger partial charge on any atom is 0.282 e. The number of pyridine rings is 1. The number of hydrogen-bond acceptors (Lipinski definition) is 4. The Morgan fingerprint density at radius 3 is 2.42 bits per heavy atom. The molecule has 1 aromatic heterocycles. The van der Waals surface area contributed by atoms with E-state index in [0.29, 0.717) is 5.69 Å². The van der Waals surface area contributed by atoms with Crippen LogP contribution in [0.3, 0.4) is 0 Å². The normalized spacial score (nSPS) is 11.6. The largest absolute Gasteiger partial charge is 0.340 e. The van der Waals surface area contributed by atoms with E-state index in [-0.39, 0.29) is 40.0 Å². The number of aromatic nitrogens is 6. The SMILES string of the molecule is O=c1c2cn(Cc3ccc(-n4cncn4)cc3F)c3c(F)ccc(F)c3c-2nn1-c1ccccc1F. The van der Waals surface area contributed by atoms with Crippen LogP contribution in [0.2, 0.25) is 0 Å². The summed E-state index contributed by atoms with van der Waals surface area (Å²) in [5.74, 6) is -2.95. The van der Waals surface area contributed by atoms with Gasteiger partial charge in [0.05, 0.1) is 28.7 Å². The predicted molar refractivity (Wildman–Crippen MR) is 122 cm³/mol. The fourth-order valence-corrected chi connectivity index (χ4v) is 4.23. The van der Waals surface area contributed by atoms with Crippen molar-refractivity contribution in [2.75, 3.05) is 0 Å². The Balaban J connectivity index is 1.57. The Bertz CT molecular complexity index is 1790. The third-order valence-electron chi connectivity index (χ3n) is 5.91. The van der Waals surface area contributed by atoms with Crippen LogP contribution in [0.4, 0.5) is 17.6 Å². The number of benzene rings is 3. The minimum Gasteiger partial charge on any atom is -0.340 e. The average molecular weight is 490 g/mol. The zero-order valence-corrected chi connectivity index (χ0v) is 18.2. The fraction of sp³-hybridized carbons (Fsp3) is 0.0400. The Labute approximate surface area is 199 Å². The number of halogens is 4. The Morgan fingerprint density at radius 2 is 1.67 bits per heavy atom. The highest BCUT2D eigenvalue weighted by Crippen LogP contribution is 2.32. The van der Waals surface area contributed by atoms with Crippen molar-refractivity contribution >= 4 is 10.9 Å². The molecule has 0 fully saturated rings. The molecule has 6 rings (SSSR count). The van der Waals surface area contributed by atoms with E-state index in [2.05, 4.69) is 15.2 Å². The van der Waals surface area contributed by atoms with Gasteiger partial charge in [0.15, 0.2) is 0 Å². The van der Waals surface area contributed by atoms with Crippen molar-refractivity contribution in [2.45, 2.75) is 6.54 Å². The molecule has 0 amide bonds. The Kier molecular flexibility index (Phi) is 4.92. The van der Waals surface area contributed by atoms with Crippen LogP contribution >= 0.6 is 0 Å². The highest BCUT2D eigenvalue weighted by Gasteiger charge is 2.26. The molecule has 7 nitrogen and oxygen atoms in total. The molecule has 0 atom stereocenters. The molecule has 0 aliphatic carbocycles. The lowest BCUT2D eigenvalue weighted by Crippen LogP contribution is -2.16. The molecule has 2 aliphatic rings. The lowest BCUT2D eigenvalue weighted by Gasteiger charge is -2.16. The third-order valence-corrected chi connectivity index (χ3v) is 5.91. The molecular weight excluding hydrogens is 476 g/mol. The second-order valence-corrected chi connectivity index (χ2v) is 8.06. The van der Waals surface area contributed by atoms with E-state index in [9.17, 15) is 9.18 Å². The summed E-state index contributed by atoms with van der Waals surface area (Å²) < 4.78 is 62.9. The molecule has 3 heterocycles. The smallest absolute Gasteiger partial charge is 0.282 e. The Morgan fingerprint density at radius 1 is 0.861 bits per heavy atom. The number of para-hydroxylation sites is 1. The molecule has 178 valence electrons. The summed E-state index contributed by atoms with van der Waals surface area (Å²) in [7, 11) is 0. The second-order valence-electron chi connectivity index (χ2n) is 8.06. The fourth-order valence-electron chi connectivity index (χ4n) is 4.23. The van der Waals surface area contributed by atoms with Crippen LogP contribution < -0.4 is 5.56 Å². The molecule has 0 N–H and O–H groups in total. The van der Waals surface area contributed by atoms with Gasteiger partial charge in [-0.1, -0.05) is 18.2 Å². The number of fused-ring (bicyclic) bond motifs is 3. The van der Waals surface area contributed by atoms with E-state index < -0.39 is 28.8 Å². The van der Waals surface area contributed by atoms with E-state index in [1.54, 1.807) is 6.07 Å². The molecule has 4 aromatic rings. The lowest BCUT2D eigenvalue weighted by molar-refractivity contribution is 0.590. The molecule has 36 heavy (non-hydrogen) atoms. The van der Waals surface area contributed by atoms with Crippen LogP contribution in [-0.2, 0) is 6.54 Å². The molecule has 0 bridgehead atoms. The summed E-state index contributed by atoms with van der Waals surface area (Å²) >= 11 is 0. The van der Waals surface area contributed by atoms with Crippen LogP contribution in [-0.4, -0.2) is 29.1 Å². The van der Waals surface area contributed by atoms with Crippen molar-refractivity contribution in [3.63, 3.8) is 0 Å². The average Bonchev–Trinajstić information content (AvgIpc) is 3.52. The first-order valence-electron chi connectivity index (χ1n) is 10.7. The first-order valence-corrected chi connectivity index (χ1v) is 10.7. The minimum atomic E-state index is -0.828. The zero-order valence-electron chi connectivity index (χ0n) is 18.2. The molecule has 0 spiro atoms. The summed E-state index contributed by atoms with van der Waals surface area (Å²) in [5, 5.41) is 7.82. The van der Waals surface area contributed by atoms with Gasteiger partial charge >= 0.3 is 0 Å². The number of rotatable bonds is 4. The van der Waals surface area contributed by atoms with Crippen molar-refractivity contribution in [1.82, 2.24) is 29.1 Å². The highest BCUT2D eigenvalue weighted by atomic mass is 19.1. The lowest BCUT2D eigenvalue weighted by atomic mass is 10.1. The first-order chi connectivity index (χ1) is 17.4. The molecule has 0 unspecified atom stereocenters. The van der Waals surface area contributed by atoms with Gasteiger partial charge in [0.2, 0.25) is 0 Å². The standard InChI is InChI=1S/C25H14F4N6O/c26-17-3-1-2-4-21(17)35-25(36)16-11-33(24-19(28)8-7-18(27)22(24)23(16)32-35)10-14-5-6-15(9-20(14)29)34-13-30-12-31-34/h1-9,11-13H,10H2. The van der Waals surface area contributed by atoms with Crippen molar-refractivity contribution in [3.8, 4) is 22.6 Å². The van der Waals surface area contributed by atoms with Gasteiger partial charge in [0.1, 0.15) is 47.3 Å². The first kappa shape index (κ1) is 21.7. The summed E-state index contributed by atoms with van der Waals surface area (Å²) in [6.45, 7) is -0.222. The van der Waals surface area contributed by atoms with Gasteiger partial charge in [-0.3, -0.25) is 4.79 Å². The molecular formula is C25H14F4N6O. The number of hydrogen-bond donors (Lipinski definition) is 0. The summed E-state index contributed by atoms with van der Waals surface area (Å²) in [5.41, 5.74) is -0.698. The summed E-state index contributed by atoms with van der Waals surface area (Å²) in [6, 6.07) is 11.7. The van der Waals surface area contributed by atoms with Crippen LogP contribution in [0.15, 0.2) is 78.2 Å². The molecule has 2 aliphatic heterocycles. The molecule has 0 radical (unpaired) electrons. The maximum atomic E-state index is 15.0. The van der Waals surface area contributed by atoms with Crippen molar-refractivity contribution in [3.05, 3.63) is 113 Å². The summed E-state index contributed by atoms with van der Waals surface area (Å²) in [6.07, 6.45) is 3.99. The van der Waals surface area contributed by atoms with E-state index in [1.807, 2.05) is 0 Å². The van der Waals surface area contributed by atoms with Gasteiger partial charge in [0, 0.05) is 11.8 Å². The molecule has 11 heteroatoms. The van der Waals surface area contributed by atoms with Crippen molar-refractivity contribution in [1.29, 1.82) is 0 Å². The monoisotopic (exact) mass is 490 g/mol. The maximum absolute atomic E-state index is 15.0. The van der Waals surface area contributed by atoms with E-state index in [4.69, 9.17) is 0 Å². The topological polar surface area (TPSA) is 70.5 Å².